The standard InChI is InChI=1S/C10H17N/c1-2-4-9-7-10-5-3-6-11(10)8-9/h2,4,9-10H,3,5-8H2,1H3/b4-2+. The fourth-order valence-corrected chi connectivity index (χ4v) is 2.54. The van der Waals surface area contributed by atoms with Crippen molar-refractivity contribution >= 4 is 0 Å². The molecule has 2 saturated heterocycles. The van der Waals surface area contributed by atoms with Crippen molar-refractivity contribution in [2.45, 2.75) is 32.2 Å². The predicted octanol–water partition coefficient (Wildman–Crippen LogP) is 2.05. The molecule has 0 N–H and O–H groups in total. The summed E-state index contributed by atoms with van der Waals surface area (Å²) in [7, 11) is 0. The lowest BCUT2D eigenvalue weighted by Gasteiger charge is -2.12. The predicted molar refractivity (Wildman–Crippen MR) is 47.5 cm³/mol. The van der Waals surface area contributed by atoms with E-state index in [9.17, 15) is 0 Å². The molecule has 0 aliphatic carbocycles. The molecule has 2 unspecified atom stereocenters. The van der Waals surface area contributed by atoms with Gasteiger partial charge in [-0.05, 0) is 38.6 Å². The highest BCUT2D eigenvalue weighted by molar-refractivity contribution is 4.98. The largest absolute Gasteiger partial charge is 0.300 e. The SMILES string of the molecule is C/C=C/C1CC2CCCN2C1. The summed E-state index contributed by atoms with van der Waals surface area (Å²) >= 11 is 0. The minimum Gasteiger partial charge on any atom is -0.300 e. The van der Waals surface area contributed by atoms with Crippen molar-refractivity contribution in [3.63, 3.8) is 0 Å². The molecule has 1 nitrogen and oxygen atoms in total. The van der Waals surface area contributed by atoms with Crippen molar-refractivity contribution in [2.24, 2.45) is 5.92 Å². The Hall–Kier alpha value is -0.300. The molecular weight excluding hydrogens is 134 g/mol. The van der Waals surface area contributed by atoms with E-state index in [1.807, 2.05) is 0 Å². The molecule has 0 radical (unpaired) electrons. The first kappa shape index (κ1) is 7.35. The number of fused-ring (bicyclic) bond motifs is 1. The Kier molecular flexibility index (Phi) is 1.99. The van der Waals surface area contributed by atoms with Crippen LogP contribution in [0, 0.1) is 5.92 Å². The van der Waals surface area contributed by atoms with Crippen molar-refractivity contribution in [3.8, 4) is 0 Å². The lowest BCUT2D eigenvalue weighted by molar-refractivity contribution is 0.321. The second-order valence-corrected chi connectivity index (χ2v) is 3.81. The molecule has 0 saturated carbocycles. The average Bonchev–Trinajstić information content (AvgIpc) is 2.46. The molecule has 1 heteroatoms. The lowest BCUT2D eigenvalue weighted by atomic mass is 10.0. The smallest absolute Gasteiger partial charge is 0.0102 e. The molecule has 0 amide bonds. The van der Waals surface area contributed by atoms with Gasteiger partial charge in [-0.2, -0.15) is 0 Å². The molecule has 2 aliphatic rings. The van der Waals surface area contributed by atoms with Crippen LogP contribution in [-0.2, 0) is 0 Å². The summed E-state index contributed by atoms with van der Waals surface area (Å²) in [6.45, 7) is 4.82. The fraction of sp³-hybridized carbons (Fsp3) is 0.800. The van der Waals surface area contributed by atoms with Crippen LogP contribution >= 0.6 is 0 Å². The Labute approximate surface area is 69.1 Å². The van der Waals surface area contributed by atoms with Crippen molar-refractivity contribution in [1.82, 2.24) is 4.90 Å². The summed E-state index contributed by atoms with van der Waals surface area (Å²) in [4.78, 5) is 2.66. The van der Waals surface area contributed by atoms with Gasteiger partial charge in [-0.3, -0.25) is 4.90 Å². The second-order valence-electron chi connectivity index (χ2n) is 3.81. The van der Waals surface area contributed by atoms with Gasteiger partial charge in [0.05, 0.1) is 0 Å². The van der Waals surface area contributed by atoms with Crippen LogP contribution in [0.1, 0.15) is 26.2 Å². The van der Waals surface area contributed by atoms with Gasteiger partial charge in [0.1, 0.15) is 0 Å². The third-order valence-electron chi connectivity index (χ3n) is 3.01. The highest BCUT2D eigenvalue weighted by atomic mass is 15.2. The van der Waals surface area contributed by atoms with Crippen molar-refractivity contribution < 1.29 is 0 Å². The van der Waals surface area contributed by atoms with Gasteiger partial charge in [0.25, 0.3) is 0 Å². The average molecular weight is 151 g/mol. The maximum Gasteiger partial charge on any atom is 0.0102 e. The van der Waals surface area contributed by atoms with Gasteiger partial charge < -0.3 is 0 Å². The fourth-order valence-electron chi connectivity index (χ4n) is 2.54. The molecule has 0 aromatic carbocycles. The molecule has 2 rings (SSSR count). The van der Waals surface area contributed by atoms with E-state index in [-0.39, 0.29) is 0 Å². The summed E-state index contributed by atoms with van der Waals surface area (Å²) in [5, 5.41) is 0. The topological polar surface area (TPSA) is 3.24 Å². The van der Waals surface area contributed by atoms with Gasteiger partial charge in [0.2, 0.25) is 0 Å². The van der Waals surface area contributed by atoms with Gasteiger partial charge >= 0.3 is 0 Å². The Morgan fingerprint density at radius 3 is 3.09 bits per heavy atom. The Morgan fingerprint density at radius 2 is 2.36 bits per heavy atom. The maximum atomic E-state index is 2.66. The van der Waals surface area contributed by atoms with Crippen molar-refractivity contribution in [1.29, 1.82) is 0 Å². The molecule has 62 valence electrons. The van der Waals surface area contributed by atoms with E-state index < -0.39 is 0 Å². The van der Waals surface area contributed by atoms with Crippen LogP contribution < -0.4 is 0 Å². The Morgan fingerprint density at radius 1 is 1.45 bits per heavy atom. The minimum absolute atomic E-state index is 0.866. The maximum absolute atomic E-state index is 2.66. The highest BCUT2D eigenvalue weighted by Gasteiger charge is 2.33. The van der Waals surface area contributed by atoms with Crippen LogP contribution in [-0.4, -0.2) is 24.0 Å². The molecular formula is C10H17N. The van der Waals surface area contributed by atoms with E-state index in [1.165, 1.54) is 32.4 Å². The van der Waals surface area contributed by atoms with Crippen LogP contribution in [0.4, 0.5) is 0 Å². The van der Waals surface area contributed by atoms with Gasteiger partial charge in [-0.1, -0.05) is 12.2 Å². The number of hydrogen-bond acceptors (Lipinski definition) is 1. The van der Waals surface area contributed by atoms with Gasteiger partial charge in [-0.15, -0.1) is 0 Å². The third-order valence-corrected chi connectivity index (χ3v) is 3.01. The van der Waals surface area contributed by atoms with Gasteiger partial charge in [0.15, 0.2) is 0 Å². The Bertz CT molecular complexity index is 150. The van der Waals surface area contributed by atoms with E-state index in [0.717, 1.165) is 12.0 Å². The van der Waals surface area contributed by atoms with Crippen LogP contribution in [0.15, 0.2) is 12.2 Å². The van der Waals surface area contributed by atoms with E-state index in [2.05, 4.69) is 24.0 Å². The quantitative estimate of drug-likeness (QED) is 0.518. The summed E-state index contributed by atoms with van der Waals surface area (Å²) in [6, 6.07) is 0.941. The lowest BCUT2D eigenvalue weighted by Crippen LogP contribution is -2.22. The molecule has 0 aromatic rings. The van der Waals surface area contributed by atoms with Crippen LogP contribution in [0.2, 0.25) is 0 Å². The molecule has 0 spiro atoms. The number of allylic oxidation sites excluding steroid dienone is 1. The monoisotopic (exact) mass is 151 g/mol. The zero-order valence-corrected chi connectivity index (χ0v) is 7.29. The first-order valence-corrected chi connectivity index (χ1v) is 4.77. The van der Waals surface area contributed by atoms with Crippen LogP contribution in [0.5, 0.6) is 0 Å². The number of hydrogen-bond donors (Lipinski definition) is 0. The van der Waals surface area contributed by atoms with E-state index in [4.69, 9.17) is 0 Å². The second kappa shape index (κ2) is 2.98. The zero-order valence-electron chi connectivity index (χ0n) is 7.29. The molecule has 2 atom stereocenters. The highest BCUT2D eigenvalue weighted by Crippen LogP contribution is 2.31. The van der Waals surface area contributed by atoms with Crippen LogP contribution in [0.25, 0.3) is 0 Å². The Balaban J connectivity index is 1.94. The molecule has 2 heterocycles. The number of nitrogens with zero attached hydrogens (tertiary/aromatic N) is 1. The van der Waals surface area contributed by atoms with Gasteiger partial charge in [0, 0.05) is 12.6 Å². The zero-order chi connectivity index (χ0) is 7.68. The van der Waals surface area contributed by atoms with E-state index in [0.29, 0.717) is 0 Å². The molecule has 0 bridgehead atoms. The minimum atomic E-state index is 0.866. The van der Waals surface area contributed by atoms with E-state index >= 15 is 0 Å². The first-order valence-electron chi connectivity index (χ1n) is 4.77. The first-order chi connectivity index (χ1) is 5.40. The molecule has 2 fully saturated rings. The number of rotatable bonds is 1. The van der Waals surface area contributed by atoms with Gasteiger partial charge in [-0.25, -0.2) is 0 Å². The molecule has 11 heavy (non-hydrogen) atoms. The summed E-state index contributed by atoms with van der Waals surface area (Å²) < 4.78 is 0. The third kappa shape index (κ3) is 1.34. The van der Waals surface area contributed by atoms with Crippen molar-refractivity contribution in [3.05, 3.63) is 12.2 Å². The van der Waals surface area contributed by atoms with E-state index in [1.54, 1.807) is 0 Å². The molecule has 2 aliphatic heterocycles. The summed E-state index contributed by atoms with van der Waals surface area (Å²) in [6.07, 6.45) is 8.89. The summed E-state index contributed by atoms with van der Waals surface area (Å²) in [5.74, 6) is 0.866. The molecule has 0 aromatic heterocycles. The summed E-state index contributed by atoms with van der Waals surface area (Å²) in [5.41, 5.74) is 0. The van der Waals surface area contributed by atoms with Crippen molar-refractivity contribution in [2.75, 3.05) is 13.1 Å². The van der Waals surface area contributed by atoms with Crippen LogP contribution in [0.3, 0.4) is 0 Å². The normalized spacial score (nSPS) is 38.6.